The summed E-state index contributed by atoms with van der Waals surface area (Å²) in [5, 5.41) is 13.9. The van der Waals surface area contributed by atoms with Gasteiger partial charge in [-0.15, -0.1) is 22.7 Å². The molecule has 2 aromatic rings. The Hall–Kier alpha value is -1.11. The molecule has 2 aromatic heterocycles. The number of carbonyl (C=O) groups excluding carboxylic acids is 1. The molecule has 6 heteroatoms. The number of Topliss-reactive ketones (excluding diaryl/α,β-unsaturated/α-hetero) is 1. The highest BCUT2D eigenvalue weighted by atomic mass is 32.1. The first-order chi connectivity index (χ1) is 8.34. The smallest absolute Gasteiger partial charge is 0.126 e. The van der Waals surface area contributed by atoms with Gasteiger partial charge in [0.15, 0.2) is 0 Å². The van der Waals surface area contributed by atoms with Crippen LogP contribution in [0.3, 0.4) is 0 Å². The third-order valence-electron chi connectivity index (χ3n) is 1.30. The van der Waals surface area contributed by atoms with Crippen LogP contribution in [-0.4, -0.2) is 20.9 Å². The van der Waals surface area contributed by atoms with E-state index in [-0.39, 0.29) is 5.78 Å². The Bertz CT molecular complexity index is 385. The van der Waals surface area contributed by atoms with E-state index in [4.69, 9.17) is 0 Å². The summed E-state index contributed by atoms with van der Waals surface area (Å²) in [5.74, 6) is 0.167. The van der Waals surface area contributed by atoms with Crippen LogP contribution in [0.5, 0.6) is 0 Å². The molecule has 0 saturated carbocycles. The second-order valence-electron chi connectivity index (χ2n) is 3.98. The molecule has 0 aliphatic heterocycles. The lowest BCUT2D eigenvalue weighted by Gasteiger charge is -2.11. The number of hydrogen-bond acceptors (Lipinski definition) is 6. The lowest BCUT2D eigenvalue weighted by atomic mass is 10.2. The lowest BCUT2D eigenvalue weighted by Crippen LogP contribution is -2.14. The van der Waals surface area contributed by atoms with Crippen molar-refractivity contribution in [3.05, 3.63) is 33.7 Å². The van der Waals surface area contributed by atoms with E-state index < -0.39 is 5.60 Å². The predicted octanol–water partition coefficient (Wildman–Crippen LogP) is 3.11. The van der Waals surface area contributed by atoms with Crippen molar-refractivity contribution in [3.63, 3.8) is 0 Å². The van der Waals surface area contributed by atoms with Crippen molar-refractivity contribution in [3.8, 4) is 0 Å². The molecule has 4 nitrogen and oxygen atoms in total. The highest BCUT2D eigenvalue weighted by Gasteiger charge is 2.17. The van der Waals surface area contributed by atoms with Crippen LogP contribution in [0.1, 0.15) is 32.7 Å². The second kappa shape index (κ2) is 8.91. The normalized spacial score (nSPS) is 9.61. The van der Waals surface area contributed by atoms with E-state index in [0.29, 0.717) is 0 Å². The van der Waals surface area contributed by atoms with E-state index in [2.05, 4.69) is 9.97 Å². The van der Waals surface area contributed by atoms with Crippen LogP contribution in [0.25, 0.3) is 0 Å². The lowest BCUT2D eigenvalue weighted by molar-refractivity contribution is -0.114. The Morgan fingerprint density at radius 3 is 2.06 bits per heavy atom. The van der Waals surface area contributed by atoms with Gasteiger partial charge in [0.1, 0.15) is 16.4 Å². The van der Waals surface area contributed by atoms with Crippen LogP contribution in [0.2, 0.25) is 0 Å². The minimum absolute atomic E-state index is 0.167. The van der Waals surface area contributed by atoms with Gasteiger partial charge < -0.3 is 9.90 Å². The second-order valence-corrected chi connectivity index (χ2v) is 5.63. The van der Waals surface area contributed by atoms with Gasteiger partial charge in [-0.25, -0.2) is 4.98 Å². The molecule has 0 amide bonds. The van der Waals surface area contributed by atoms with Crippen molar-refractivity contribution < 1.29 is 9.90 Å². The first-order valence-corrected chi connectivity index (χ1v) is 7.08. The Labute approximate surface area is 115 Å². The molecule has 0 aliphatic rings. The van der Waals surface area contributed by atoms with E-state index in [9.17, 15) is 9.90 Å². The topological polar surface area (TPSA) is 63.1 Å². The predicted molar refractivity (Wildman–Crippen MR) is 75.8 cm³/mol. The summed E-state index contributed by atoms with van der Waals surface area (Å²) in [5.41, 5.74) is 1.02. The molecule has 0 radical (unpaired) electrons. The molecule has 2 rings (SSSR count). The fourth-order valence-electron chi connectivity index (χ4n) is 0.701. The molecule has 0 saturated heterocycles. The maximum atomic E-state index is 9.44. The van der Waals surface area contributed by atoms with E-state index in [1.54, 1.807) is 43.1 Å². The summed E-state index contributed by atoms with van der Waals surface area (Å²) in [6, 6.07) is 0. The van der Waals surface area contributed by atoms with Gasteiger partial charge in [-0.05, 0) is 27.7 Å². The summed E-state index contributed by atoms with van der Waals surface area (Å²) in [6.07, 6.45) is 3.46. The Balaban J connectivity index is 0.000000272. The zero-order chi connectivity index (χ0) is 14.0. The van der Waals surface area contributed by atoms with Crippen molar-refractivity contribution in [2.75, 3.05) is 0 Å². The standard InChI is InChI=1S/C6H9NOS.C3H3NS.C3H6O/c1-6(2,8)5-7-3-4-9-5;1-2-5-3-4-1;1-3(2)4/h3-4,8H,1-2H3;1-3H;1-2H3. The molecule has 0 unspecified atom stereocenters. The summed E-state index contributed by atoms with van der Waals surface area (Å²) < 4.78 is 0. The van der Waals surface area contributed by atoms with Gasteiger partial charge in [-0.1, -0.05) is 0 Å². The number of aromatic nitrogens is 2. The minimum Gasteiger partial charge on any atom is -0.383 e. The van der Waals surface area contributed by atoms with Gasteiger partial charge in [-0.3, -0.25) is 4.98 Å². The van der Waals surface area contributed by atoms with Crippen LogP contribution in [0.15, 0.2) is 28.7 Å². The van der Waals surface area contributed by atoms with Gasteiger partial charge in [-0.2, -0.15) is 0 Å². The fraction of sp³-hybridized carbons (Fsp3) is 0.417. The summed E-state index contributed by atoms with van der Waals surface area (Å²) in [7, 11) is 0. The molecule has 0 aliphatic carbocycles. The maximum absolute atomic E-state index is 9.44. The number of rotatable bonds is 1. The molecule has 0 aromatic carbocycles. The molecular weight excluding hydrogens is 268 g/mol. The molecule has 18 heavy (non-hydrogen) atoms. The molecule has 0 bridgehead atoms. The third kappa shape index (κ3) is 10.1. The number of carbonyl (C=O) groups is 1. The van der Waals surface area contributed by atoms with Crippen molar-refractivity contribution in [2.24, 2.45) is 0 Å². The maximum Gasteiger partial charge on any atom is 0.126 e. The van der Waals surface area contributed by atoms with Gasteiger partial charge in [0, 0.05) is 23.2 Å². The SMILES string of the molecule is CC(C)(O)c1nccs1.CC(C)=O.c1cscn1. The van der Waals surface area contributed by atoms with Crippen LogP contribution < -0.4 is 0 Å². The quantitative estimate of drug-likeness (QED) is 0.875. The van der Waals surface area contributed by atoms with E-state index in [0.717, 1.165) is 5.01 Å². The number of ketones is 1. The number of nitrogens with zero attached hydrogens (tertiary/aromatic N) is 2. The molecule has 2 heterocycles. The molecule has 0 spiro atoms. The van der Waals surface area contributed by atoms with Crippen LogP contribution in [-0.2, 0) is 10.4 Å². The number of hydrogen-bond donors (Lipinski definition) is 1. The Morgan fingerprint density at radius 2 is 1.89 bits per heavy atom. The highest BCUT2D eigenvalue weighted by molar-refractivity contribution is 7.09. The van der Waals surface area contributed by atoms with Gasteiger partial charge in [0.05, 0.1) is 5.51 Å². The van der Waals surface area contributed by atoms with Crippen molar-refractivity contribution in [1.29, 1.82) is 0 Å². The van der Waals surface area contributed by atoms with E-state index in [1.165, 1.54) is 25.2 Å². The van der Waals surface area contributed by atoms with Crippen molar-refractivity contribution in [2.45, 2.75) is 33.3 Å². The molecule has 0 fully saturated rings. The average molecular weight is 286 g/mol. The van der Waals surface area contributed by atoms with Crippen LogP contribution >= 0.6 is 22.7 Å². The fourth-order valence-corrected chi connectivity index (χ4v) is 1.71. The van der Waals surface area contributed by atoms with Gasteiger partial charge in [0.25, 0.3) is 0 Å². The largest absolute Gasteiger partial charge is 0.383 e. The Morgan fingerprint density at radius 1 is 1.28 bits per heavy atom. The molecule has 0 atom stereocenters. The molecule has 1 N–H and O–H groups in total. The first kappa shape index (κ1) is 16.9. The monoisotopic (exact) mass is 286 g/mol. The molecular formula is C12H18N2O2S2. The Kier molecular flexibility index (Phi) is 8.36. The van der Waals surface area contributed by atoms with Crippen LogP contribution in [0.4, 0.5) is 0 Å². The van der Waals surface area contributed by atoms with E-state index in [1.807, 2.05) is 10.8 Å². The highest BCUT2D eigenvalue weighted by Crippen LogP contribution is 2.20. The molecule has 100 valence electrons. The number of thiazole rings is 2. The van der Waals surface area contributed by atoms with E-state index >= 15 is 0 Å². The van der Waals surface area contributed by atoms with Gasteiger partial charge in [0.2, 0.25) is 0 Å². The average Bonchev–Trinajstić information content (AvgIpc) is 2.93. The first-order valence-electron chi connectivity index (χ1n) is 5.25. The minimum atomic E-state index is -0.770. The zero-order valence-electron chi connectivity index (χ0n) is 11.0. The summed E-state index contributed by atoms with van der Waals surface area (Å²) in [4.78, 5) is 17.1. The van der Waals surface area contributed by atoms with Gasteiger partial charge >= 0.3 is 0 Å². The number of aliphatic hydroxyl groups is 1. The summed E-state index contributed by atoms with van der Waals surface area (Å²) in [6.45, 7) is 6.51. The van der Waals surface area contributed by atoms with Crippen molar-refractivity contribution >= 4 is 28.5 Å². The van der Waals surface area contributed by atoms with Crippen LogP contribution in [0, 0.1) is 0 Å². The summed E-state index contributed by atoms with van der Waals surface area (Å²) >= 11 is 3.07. The van der Waals surface area contributed by atoms with Crippen molar-refractivity contribution in [1.82, 2.24) is 9.97 Å². The third-order valence-corrected chi connectivity index (χ3v) is 2.91. The zero-order valence-corrected chi connectivity index (χ0v) is 12.6.